The van der Waals surface area contributed by atoms with Crippen LogP contribution in [-0.2, 0) is 0 Å². The summed E-state index contributed by atoms with van der Waals surface area (Å²) in [4.78, 5) is 0. The van der Waals surface area contributed by atoms with Gasteiger partial charge in [-0.3, -0.25) is 0 Å². The van der Waals surface area contributed by atoms with Gasteiger partial charge in [0.2, 0.25) is 0 Å². The molecule has 0 amide bonds. The van der Waals surface area contributed by atoms with Crippen LogP contribution in [0.25, 0.3) is 0 Å². The lowest BCUT2D eigenvalue weighted by Crippen LogP contribution is -2.64. The largest absolute Gasteiger partial charge is 0.316 e. The van der Waals surface area contributed by atoms with Crippen LogP contribution in [-0.4, -0.2) is 25.2 Å². The summed E-state index contributed by atoms with van der Waals surface area (Å²) in [7, 11) is 0. The molecule has 2 nitrogen and oxygen atoms in total. The number of rotatable bonds is 2. The molecular weight excluding hydrogens is 172 g/mol. The topological polar surface area (TPSA) is 24.1 Å². The molecule has 2 N–H and O–H groups in total. The van der Waals surface area contributed by atoms with E-state index in [0.717, 1.165) is 23.9 Å². The minimum Gasteiger partial charge on any atom is -0.316 e. The van der Waals surface area contributed by atoms with E-state index < -0.39 is 0 Å². The van der Waals surface area contributed by atoms with Gasteiger partial charge in [-0.15, -0.1) is 0 Å². The molecule has 0 spiro atoms. The highest BCUT2D eigenvalue weighted by Crippen LogP contribution is 2.37. The molecule has 14 heavy (non-hydrogen) atoms. The van der Waals surface area contributed by atoms with Crippen molar-refractivity contribution in [3.63, 3.8) is 0 Å². The predicted molar refractivity (Wildman–Crippen MR) is 58.3 cm³/mol. The van der Waals surface area contributed by atoms with E-state index in [0.29, 0.717) is 0 Å². The van der Waals surface area contributed by atoms with Crippen molar-refractivity contribution < 1.29 is 0 Å². The summed E-state index contributed by atoms with van der Waals surface area (Å²) < 4.78 is 0. The maximum atomic E-state index is 3.92. The Balaban J connectivity index is 1.52. The first kappa shape index (κ1) is 9.17. The minimum absolute atomic E-state index is 0.858. The molecule has 3 rings (SSSR count). The smallest absolute Gasteiger partial charge is 0.0151 e. The summed E-state index contributed by atoms with van der Waals surface area (Å²) in [5.74, 6) is 1.91. The van der Waals surface area contributed by atoms with E-state index in [2.05, 4.69) is 10.6 Å². The third kappa shape index (κ3) is 1.59. The Bertz CT molecular complexity index is 184. The molecule has 1 heterocycles. The Morgan fingerprint density at radius 1 is 0.929 bits per heavy atom. The third-order valence-electron chi connectivity index (χ3n) is 4.47. The van der Waals surface area contributed by atoms with E-state index in [9.17, 15) is 0 Å². The van der Waals surface area contributed by atoms with E-state index in [1.165, 1.54) is 51.6 Å². The molecule has 0 aromatic carbocycles. The fraction of sp³-hybridized carbons (Fsp3) is 1.00. The molecule has 2 heteroatoms. The van der Waals surface area contributed by atoms with Crippen molar-refractivity contribution >= 4 is 0 Å². The number of hydrogen-bond donors (Lipinski definition) is 2. The van der Waals surface area contributed by atoms with Gasteiger partial charge in [0.15, 0.2) is 0 Å². The quantitative estimate of drug-likeness (QED) is 0.696. The maximum absolute atomic E-state index is 3.92. The average molecular weight is 194 g/mol. The summed E-state index contributed by atoms with van der Waals surface area (Å²) in [6.45, 7) is 2.53. The molecule has 1 saturated heterocycles. The molecule has 1 aliphatic heterocycles. The van der Waals surface area contributed by atoms with Crippen LogP contribution in [0.2, 0.25) is 0 Å². The lowest BCUT2D eigenvalue weighted by Gasteiger charge is -2.51. The molecule has 80 valence electrons. The fourth-order valence-electron chi connectivity index (χ4n) is 3.56. The van der Waals surface area contributed by atoms with Crippen LogP contribution in [0.3, 0.4) is 0 Å². The van der Waals surface area contributed by atoms with Crippen LogP contribution in [0, 0.1) is 11.8 Å². The van der Waals surface area contributed by atoms with Crippen LogP contribution in [0.4, 0.5) is 0 Å². The summed E-state index contributed by atoms with van der Waals surface area (Å²) in [5.41, 5.74) is 0. The van der Waals surface area contributed by atoms with Crippen molar-refractivity contribution in [3.8, 4) is 0 Å². The Labute approximate surface area is 86.8 Å². The molecule has 2 atom stereocenters. The Hall–Kier alpha value is -0.0800. The van der Waals surface area contributed by atoms with Crippen LogP contribution in [0.5, 0.6) is 0 Å². The van der Waals surface area contributed by atoms with Gasteiger partial charge < -0.3 is 10.6 Å². The molecule has 0 radical (unpaired) electrons. The van der Waals surface area contributed by atoms with Crippen molar-refractivity contribution in [1.82, 2.24) is 10.6 Å². The van der Waals surface area contributed by atoms with Gasteiger partial charge in [0.05, 0.1) is 0 Å². The molecule has 0 aromatic rings. The second-order valence-corrected chi connectivity index (χ2v) is 5.44. The normalized spacial score (nSPS) is 43.3. The van der Waals surface area contributed by atoms with E-state index in [1.54, 1.807) is 0 Å². The van der Waals surface area contributed by atoms with Crippen molar-refractivity contribution in [2.24, 2.45) is 11.8 Å². The van der Waals surface area contributed by atoms with Gasteiger partial charge in [-0.05, 0) is 44.2 Å². The first-order valence-electron chi connectivity index (χ1n) is 6.40. The van der Waals surface area contributed by atoms with Crippen LogP contribution in [0.15, 0.2) is 0 Å². The highest BCUT2D eigenvalue weighted by Gasteiger charge is 2.44. The van der Waals surface area contributed by atoms with Gasteiger partial charge in [0.1, 0.15) is 0 Å². The molecule has 3 fully saturated rings. The summed E-state index contributed by atoms with van der Waals surface area (Å²) in [6.07, 6.45) is 8.73. The Morgan fingerprint density at radius 3 is 2.29 bits per heavy atom. The van der Waals surface area contributed by atoms with E-state index in [-0.39, 0.29) is 0 Å². The van der Waals surface area contributed by atoms with Crippen molar-refractivity contribution in [2.75, 3.05) is 13.1 Å². The van der Waals surface area contributed by atoms with Gasteiger partial charge >= 0.3 is 0 Å². The number of piperidine rings is 2. The van der Waals surface area contributed by atoms with E-state index in [4.69, 9.17) is 0 Å². The lowest BCUT2D eigenvalue weighted by atomic mass is 9.66. The zero-order chi connectivity index (χ0) is 9.38. The van der Waals surface area contributed by atoms with Gasteiger partial charge in [0, 0.05) is 12.1 Å². The molecular formula is C12H22N2. The van der Waals surface area contributed by atoms with Crippen LogP contribution >= 0.6 is 0 Å². The SMILES string of the molecule is C1CCC(NC2C3CNCC2C3)CC1. The first-order chi connectivity index (χ1) is 6.93. The molecule has 2 unspecified atom stereocenters. The highest BCUT2D eigenvalue weighted by atomic mass is 15.1. The van der Waals surface area contributed by atoms with Gasteiger partial charge in [-0.2, -0.15) is 0 Å². The third-order valence-corrected chi connectivity index (χ3v) is 4.47. The van der Waals surface area contributed by atoms with Gasteiger partial charge in [-0.1, -0.05) is 19.3 Å². The molecule has 2 bridgehead atoms. The molecule has 2 aliphatic carbocycles. The maximum Gasteiger partial charge on any atom is 0.0151 e. The molecule has 3 aliphatic rings. The highest BCUT2D eigenvalue weighted by molar-refractivity contribution is 5.01. The van der Waals surface area contributed by atoms with Crippen molar-refractivity contribution in [2.45, 2.75) is 50.6 Å². The number of fused-ring (bicyclic) bond motifs is 2. The second kappa shape index (κ2) is 3.82. The van der Waals surface area contributed by atoms with Gasteiger partial charge in [-0.25, -0.2) is 0 Å². The summed E-state index contributed by atoms with van der Waals surface area (Å²) in [5, 5.41) is 7.43. The molecule has 2 saturated carbocycles. The zero-order valence-corrected chi connectivity index (χ0v) is 8.97. The van der Waals surface area contributed by atoms with E-state index >= 15 is 0 Å². The lowest BCUT2D eigenvalue weighted by molar-refractivity contribution is 0.0537. The fourth-order valence-corrected chi connectivity index (χ4v) is 3.56. The molecule has 0 aromatic heterocycles. The van der Waals surface area contributed by atoms with Crippen LogP contribution in [0.1, 0.15) is 38.5 Å². The number of nitrogens with one attached hydrogen (secondary N) is 2. The summed E-state index contributed by atoms with van der Waals surface area (Å²) >= 11 is 0. The Kier molecular flexibility index (Phi) is 2.50. The standard InChI is InChI=1S/C12H22N2/c1-2-4-11(5-3-1)14-12-9-6-10(12)8-13-7-9/h9-14H,1-8H2. The van der Waals surface area contributed by atoms with Gasteiger partial charge in [0.25, 0.3) is 0 Å². The average Bonchev–Trinajstić information content (AvgIpc) is 2.28. The second-order valence-electron chi connectivity index (χ2n) is 5.44. The number of hydrogen-bond acceptors (Lipinski definition) is 2. The zero-order valence-electron chi connectivity index (χ0n) is 8.97. The monoisotopic (exact) mass is 194 g/mol. The Morgan fingerprint density at radius 2 is 1.64 bits per heavy atom. The minimum atomic E-state index is 0.858. The summed E-state index contributed by atoms with van der Waals surface area (Å²) in [6, 6.07) is 1.73. The predicted octanol–water partition coefficient (Wildman–Crippen LogP) is 1.52. The van der Waals surface area contributed by atoms with E-state index in [1.807, 2.05) is 0 Å². The van der Waals surface area contributed by atoms with Crippen molar-refractivity contribution in [1.29, 1.82) is 0 Å². The van der Waals surface area contributed by atoms with Crippen molar-refractivity contribution in [3.05, 3.63) is 0 Å². The van der Waals surface area contributed by atoms with Crippen LogP contribution < -0.4 is 10.6 Å². The first-order valence-corrected chi connectivity index (χ1v) is 6.40.